The van der Waals surface area contributed by atoms with Gasteiger partial charge in [-0.3, -0.25) is 9.69 Å². The molecule has 0 aromatic heterocycles. The molecule has 1 aromatic carbocycles. The van der Waals surface area contributed by atoms with Gasteiger partial charge in [0, 0.05) is 5.56 Å². The third-order valence-corrected chi connectivity index (χ3v) is 4.09. The minimum atomic E-state index is -0.354. The summed E-state index contributed by atoms with van der Waals surface area (Å²) in [4.78, 5) is 14.8. The molecule has 0 bridgehead atoms. The highest BCUT2D eigenvalue weighted by atomic mass is 16.5. The first kappa shape index (κ1) is 13.1. The molecule has 1 heterocycles. The fraction of sp³-hybridized carbons (Fsp3) is 0.533. The number of nitrogens with zero attached hydrogens (tertiary/aromatic N) is 1. The molecule has 0 N–H and O–H groups in total. The van der Waals surface area contributed by atoms with Crippen molar-refractivity contribution in [2.75, 3.05) is 20.7 Å². The maximum Gasteiger partial charge on any atom is 0.182 e. The first-order valence-corrected chi connectivity index (χ1v) is 6.48. The molecular weight excluding hydrogens is 226 g/mol. The molecule has 0 saturated carbocycles. The summed E-state index contributed by atoms with van der Waals surface area (Å²) >= 11 is 0. The Morgan fingerprint density at radius 1 is 1.28 bits per heavy atom. The van der Waals surface area contributed by atoms with Crippen LogP contribution in [0.25, 0.3) is 0 Å². The topological polar surface area (TPSA) is 29.5 Å². The Kier molecular flexibility index (Phi) is 3.71. The van der Waals surface area contributed by atoms with Gasteiger partial charge in [-0.1, -0.05) is 0 Å². The monoisotopic (exact) mass is 247 g/mol. The lowest BCUT2D eigenvalue weighted by atomic mass is 9.82. The second-order valence-corrected chi connectivity index (χ2v) is 5.21. The molecule has 0 radical (unpaired) electrons. The number of Topliss-reactive ketones (excluding diaryl/α,β-unsaturated/α-hetero) is 1. The normalized spacial score (nSPS) is 24.8. The van der Waals surface area contributed by atoms with Gasteiger partial charge in [-0.25, -0.2) is 0 Å². The molecule has 1 aliphatic heterocycles. The van der Waals surface area contributed by atoms with Crippen molar-refractivity contribution in [3.05, 3.63) is 29.8 Å². The van der Waals surface area contributed by atoms with Crippen LogP contribution in [0.3, 0.4) is 0 Å². The van der Waals surface area contributed by atoms with Gasteiger partial charge in [-0.2, -0.15) is 0 Å². The number of ether oxygens (including phenoxy) is 1. The number of rotatable bonds is 3. The molecule has 3 nitrogen and oxygen atoms in total. The van der Waals surface area contributed by atoms with E-state index in [1.807, 2.05) is 31.3 Å². The fourth-order valence-corrected chi connectivity index (χ4v) is 2.60. The Hall–Kier alpha value is -1.35. The number of ketones is 1. The van der Waals surface area contributed by atoms with Gasteiger partial charge in [0.2, 0.25) is 0 Å². The number of piperidine rings is 1. The lowest BCUT2D eigenvalue weighted by Gasteiger charge is -2.41. The molecule has 98 valence electrons. The summed E-state index contributed by atoms with van der Waals surface area (Å²) < 4.78 is 5.12. The molecule has 1 aromatic rings. The van der Waals surface area contributed by atoms with Crippen molar-refractivity contribution in [2.24, 2.45) is 0 Å². The van der Waals surface area contributed by atoms with E-state index in [4.69, 9.17) is 4.74 Å². The molecule has 0 spiro atoms. The number of likely N-dealkylation sites (tertiary alicyclic amines) is 1. The van der Waals surface area contributed by atoms with Crippen molar-refractivity contribution in [3.63, 3.8) is 0 Å². The van der Waals surface area contributed by atoms with Gasteiger partial charge in [0.25, 0.3) is 0 Å². The van der Waals surface area contributed by atoms with Crippen LogP contribution in [0.5, 0.6) is 5.75 Å². The quantitative estimate of drug-likeness (QED) is 0.769. The van der Waals surface area contributed by atoms with Crippen LogP contribution in [0.4, 0.5) is 0 Å². The predicted octanol–water partition coefficient (Wildman–Crippen LogP) is 2.75. The van der Waals surface area contributed by atoms with E-state index in [9.17, 15) is 4.79 Å². The van der Waals surface area contributed by atoms with Crippen LogP contribution < -0.4 is 4.74 Å². The largest absolute Gasteiger partial charge is 0.497 e. The summed E-state index contributed by atoms with van der Waals surface area (Å²) in [6.45, 7) is 3.05. The van der Waals surface area contributed by atoms with Crippen molar-refractivity contribution in [1.82, 2.24) is 4.90 Å². The molecule has 0 amide bonds. The first-order valence-electron chi connectivity index (χ1n) is 6.48. The number of likely N-dealkylation sites (N-methyl/N-ethyl adjacent to an activating group) is 1. The van der Waals surface area contributed by atoms with Crippen LogP contribution in [0.15, 0.2) is 24.3 Å². The van der Waals surface area contributed by atoms with E-state index in [1.54, 1.807) is 7.11 Å². The van der Waals surface area contributed by atoms with Crippen LogP contribution >= 0.6 is 0 Å². The minimum absolute atomic E-state index is 0.215. The van der Waals surface area contributed by atoms with Crippen LogP contribution in [0, 0.1) is 0 Å². The number of methoxy groups -OCH3 is 1. The number of carbonyl (C=O) groups is 1. The summed E-state index contributed by atoms with van der Waals surface area (Å²) in [5, 5.41) is 0. The highest BCUT2D eigenvalue weighted by Crippen LogP contribution is 2.30. The van der Waals surface area contributed by atoms with Gasteiger partial charge in [0.1, 0.15) is 5.75 Å². The average Bonchev–Trinajstić information content (AvgIpc) is 2.41. The van der Waals surface area contributed by atoms with E-state index in [0.29, 0.717) is 0 Å². The standard InChI is InChI=1S/C15H21NO2/c1-15(10-4-5-11-16(15)2)14(17)12-6-8-13(18-3)9-7-12/h6-9H,4-5,10-11H2,1-3H3. The molecule has 1 unspecified atom stereocenters. The number of hydrogen-bond acceptors (Lipinski definition) is 3. The summed E-state index contributed by atoms with van der Waals surface area (Å²) in [7, 11) is 3.67. The van der Waals surface area contributed by atoms with Gasteiger partial charge < -0.3 is 4.74 Å². The maximum atomic E-state index is 12.6. The van der Waals surface area contributed by atoms with Crippen LogP contribution in [0.2, 0.25) is 0 Å². The molecule has 1 saturated heterocycles. The zero-order chi connectivity index (χ0) is 13.2. The Morgan fingerprint density at radius 2 is 1.94 bits per heavy atom. The Balaban J connectivity index is 2.23. The highest BCUT2D eigenvalue weighted by molar-refractivity contribution is 6.03. The van der Waals surface area contributed by atoms with Crippen molar-refractivity contribution in [2.45, 2.75) is 31.7 Å². The van der Waals surface area contributed by atoms with Gasteiger partial charge in [-0.15, -0.1) is 0 Å². The highest BCUT2D eigenvalue weighted by Gasteiger charge is 2.39. The second-order valence-electron chi connectivity index (χ2n) is 5.21. The average molecular weight is 247 g/mol. The van der Waals surface area contributed by atoms with Gasteiger partial charge in [0.05, 0.1) is 12.6 Å². The number of hydrogen-bond donors (Lipinski definition) is 0. The molecule has 18 heavy (non-hydrogen) atoms. The zero-order valence-electron chi connectivity index (χ0n) is 11.4. The summed E-state index contributed by atoms with van der Waals surface area (Å²) in [5.74, 6) is 1.00. The fourth-order valence-electron chi connectivity index (χ4n) is 2.60. The third kappa shape index (κ3) is 2.27. The van der Waals surface area contributed by atoms with Gasteiger partial charge in [-0.05, 0) is 64.0 Å². The lowest BCUT2D eigenvalue weighted by Crippen LogP contribution is -2.53. The summed E-state index contributed by atoms with van der Waals surface area (Å²) in [5.41, 5.74) is 0.416. The summed E-state index contributed by atoms with van der Waals surface area (Å²) in [6.07, 6.45) is 3.25. The van der Waals surface area contributed by atoms with Crippen LogP contribution in [-0.2, 0) is 0 Å². The van der Waals surface area contributed by atoms with Crippen molar-refractivity contribution in [3.8, 4) is 5.75 Å². The summed E-state index contributed by atoms with van der Waals surface area (Å²) in [6, 6.07) is 7.41. The lowest BCUT2D eigenvalue weighted by molar-refractivity contribution is 0.0544. The Labute approximate surface area is 109 Å². The number of benzene rings is 1. The minimum Gasteiger partial charge on any atom is -0.497 e. The smallest absolute Gasteiger partial charge is 0.182 e. The van der Waals surface area contributed by atoms with E-state index in [1.165, 1.54) is 6.42 Å². The van der Waals surface area contributed by atoms with E-state index >= 15 is 0 Å². The van der Waals surface area contributed by atoms with Crippen LogP contribution in [0.1, 0.15) is 36.5 Å². The Bertz CT molecular complexity index is 427. The number of carbonyl (C=O) groups excluding carboxylic acids is 1. The first-order chi connectivity index (χ1) is 8.58. The van der Waals surface area contributed by atoms with E-state index in [-0.39, 0.29) is 11.3 Å². The molecule has 0 aliphatic carbocycles. The van der Waals surface area contributed by atoms with E-state index < -0.39 is 0 Å². The molecule has 2 rings (SSSR count). The van der Waals surface area contributed by atoms with Crippen molar-refractivity contribution in [1.29, 1.82) is 0 Å². The molecule has 1 atom stereocenters. The van der Waals surface area contributed by atoms with Crippen molar-refractivity contribution < 1.29 is 9.53 Å². The van der Waals surface area contributed by atoms with E-state index in [2.05, 4.69) is 11.8 Å². The van der Waals surface area contributed by atoms with Gasteiger partial charge >= 0.3 is 0 Å². The Morgan fingerprint density at radius 3 is 2.50 bits per heavy atom. The van der Waals surface area contributed by atoms with E-state index in [0.717, 1.165) is 30.7 Å². The third-order valence-electron chi connectivity index (χ3n) is 4.09. The molecule has 1 aliphatic rings. The molecule has 1 fully saturated rings. The maximum absolute atomic E-state index is 12.6. The van der Waals surface area contributed by atoms with Crippen molar-refractivity contribution >= 4 is 5.78 Å². The SMILES string of the molecule is COc1ccc(C(=O)C2(C)CCCCN2C)cc1. The molecular formula is C15H21NO2. The van der Waals surface area contributed by atoms with Crippen LogP contribution in [-0.4, -0.2) is 36.9 Å². The molecule has 3 heteroatoms. The van der Waals surface area contributed by atoms with Gasteiger partial charge in [0.15, 0.2) is 5.78 Å². The zero-order valence-corrected chi connectivity index (χ0v) is 11.4. The predicted molar refractivity (Wildman–Crippen MR) is 72.2 cm³/mol. The second kappa shape index (κ2) is 5.11.